The third kappa shape index (κ3) is 3.55. The third-order valence-corrected chi connectivity index (χ3v) is 4.32. The molecule has 0 amide bonds. The number of hydrogen-bond acceptors (Lipinski definition) is 3. The fourth-order valence-corrected chi connectivity index (χ4v) is 3.16. The maximum Gasteiger partial charge on any atom is 0.125 e. The van der Waals surface area contributed by atoms with Crippen molar-refractivity contribution < 1.29 is 4.42 Å². The second kappa shape index (κ2) is 6.92. The minimum absolute atomic E-state index is 0.142. The molecule has 1 fully saturated rings. The third-order valence-electron chi connectivity index (χ3n) is 4.32. The standard InChI is InChI=1S/C18H24N2O/c1-2-20-12-6-10-16(14-20)19-18(17-11-7-13-21-17)15-8-4-3-5-9-15/h3-5,7-9,11,13,16,18-19H,2,6,10,12,14H2,1H3. The Balaban J connectivity index is 1.77. The normalized spacial score (nSPS) is 21.3. The van der Waals surface area contributed by atoms with E-state index in [4.69, 9.17) is 4.42 Å². The van der Waals surface area contributed by atoms with Crippen LogP contribution in [0.1, 0.15) is 37.1 Å². The number of hydrogen-bond donors (Lipinski definition) is 1. The van der Waals surface area contributed by atoms with E-state index in [9.17, 15) is 0 Å². The number of piperidine rings is 1. The first-order chi connectivity index (χ1) is 10.4. The van der Waals surface area contributed by atoms with E-state index in [1.165, 1.54) is 24.9 Å². The molecule has 21 heavy (non-hydrogen) atoms. The van der Waals surface area contributed by atoms with E-state index in [-0.39, 0.29) is 6.04 Å². The molecule has 1 N–H and O–H groups in total. The molecule has 2 heterocycles. The SMILES string of the molecule is CCN1CCCC(NC(c2ccccc2)c2ccco2)C1. The van der Waals surface area contributed by atoms with Crippen molar-refractivity contribution in [2.75, 3.05) is 19.6 Å². The number of furan rings is 1. The molecule has 0 spiro atoms. The van der Waals surface area contributed by atoms with Crippen LogP contribution < -0.4 is 5.32 Å². The molecule has 1 aliphatic heterocycles. The number of likely N-dealkylation sites (N-methyl/N-ethyl adjacent to an activating group) is 1. The topological polar surface area (TPSA) is 28.4 Å². The second-order valence-electron chi connectivity index (χ2n) is 5.76. The maximum absolute atomic E-state index is 5.67. The molecule has 1 aromatic carbocycles. The number of nitrogens with zero attached hydrogens (tertiary/aromatic N) is 1. The molecule has 3 heteroatoms. The molecule has 0 bridgehead atoms. The highest BCUT2D eigenvalue weighted by atomic mass is 16.3. The van der Waals surface area contributed by atoms with Crippen LogP contribution in [0.5, 0.6) is 0 Å². The van der Waals surface area contributed by atoms with Crippen LogP contribution in [0.2, 0.25) is 0 Å². The Kier molecular flexibility index (Phi) is 4.73. The van der Waals surface area contributed by atoms with Crippen molar-refractivity contribution in [1.82, 2.24) is 10.2 Å². The van der Waals surface area contributed by atoms with Gasteiger partial charge in [-0.2, -0.15) is 0 Å². The number of benzene rings is 1. The average molecular weight is 284 g/mol. The Morgan fingerprint density at radius 3 is 2.81 bits per heavy atom. The van der Waals surface area contributed by atoms with E-state index in [2.05, 4.69) is 53.5 Å². The predicted molar refractivity (Wildman–Crippen MR) is 85.3 cm³/mol. The van der Waals surface area contributed by atoms with Crippen molar-refractivity contribution in [3.63, 3.8) is 0 Å². The quantitative estimate of drug-likeness (QED) is 0.911. The maximum atomic E-state index is 5.67. The highest BCUT2D eigenvalue weighted by Crippen LogP contribution is 2.24. The van der Waals surface area contributed by atoms with Crippen LogP contribution >= 0.6 is 0 Å². The Labute approximate surface area is 127 Å². The van der Waals surface area contributed by atoms with E-state index >= 15 is 0 Å². The first kappa shape index (κ1) is 14.4. The van der Waals surface area contributed by atoms with Gasteiger partial charge < -0.3 is 9.32 Å². The van der Waals surface area contributed by atoms with Crippen molar-refractivity contribution in [1.29, 1.82) is 0 Å². The van der Waals surface area contributed by atoms with Crippen molar-refractivity contribution in [2.24, 2.45) is 0 Å². The molecule has 1 saturated heterocycles. The van der Waals surface area contributed by atoms with Crippen LogP contribution in [0.25, 0.3) is 0 Å². The molecule has 2 atom stereocenters. The van der Waals surface area contributed by atoms with Gasteiger partial charge in [-0.1, -0.05) is 37.3 Å². The molecular formula is C18H24N2O. The summed E-state index contributed by atoms with van der Waals surface area (Å²) in [4.78, 5) is 2.52. The molecular weight excluding hydrogens is 260 g/mol. The molecule has 2 unspecified atom stereocenters. The largest absolute Gasteiger partial charge is 0.467 e. The minimum Gasteiger partial charge on any atom is -0.467 e. The molecule has 1 aliphatic rings. The van der Waals surface area contributed by atoms with Crippen LogP contribution in [0.15, 0.2) is 53.1 Å². The van der Waals surface area contributed by atoms with Gasteiger partial charge in [0.15, 0.2) is 0 Å². The van der Waals surface area contributed by atoms with E-state index in [0.29, 0.717) is 6.04 Å². The molecule has 3 nitrogen and oxygen atoms in total. The molecule has 0 saturated carbocycles. The van der Waals surface area contributed by atoms with Gasteiger partial charge >= 0.3 is 0 Å². The second-order valence-corrected chi connectivity index (χ2v) is 5.76. The first-order valence-electron chi connectivity index (χ1n) is 7.93. The summed E-state index contributed by atoms with van der Waals surface area (Å²) < 4.78 is 5.67. The van der Waals surface area contributed by atoms with Gasteiger partial charge in [0.1, 0.15) is 5.76 Å². The highest BCUT2D eigenvalue weighted by Gasteiger charge is 2.24. The van der Waals surface area contributed by atoms with Gasteiger partial charge in [-0.25, -0.2) is 0 Å². The van der Waals surface area contributed by atoms with E-state index in [1.54, 1.807) is 6.26 Å². The lowest BCUT2D eigenvalue weighted by Gasteiger charge is -2.34. The van der Waals surface area contributed by atoms with Crippen LogP contribution in [0.3, 0.4) is 0 Å². The van der Waals surface area contributed by atoms with Crippen LogP contribution in [-0.2, 0) is 0 Å². The van der Waals surface area contributed by atoms with E-state index in [1.807, 2.05) is 6.07 Å². The fourth-order valence-electron chi connectivity index (χ4n) is 3.16. The average Bonchev–Trinajstić information content (AvgIpc) is 3.08. The molecule has 3 rings (SSSR count). The smallest absolute Gasteiger partial charge is 0.125 e. The zero-order chi connectivity index (χ0) is 14.5. The van der Waals surface area contributed by atoms with Crippen LogP contribution in [0.4, 0.5) is 0 Å². The lowest BCUT2D eigenvalue weighted by Crippen LogP contribution is -2.46. The van der Waals surface area contributed by atoms with Gasteiger partial charge in [-0.05, 0) is 43.6 Å². The summed E-state index contributed by atoms with van der Waals surface area (Å²) in [5.74, 6) is 0.995. The van der Waals surface area contributed by atoms with Gasteiger partial charge in [0.25, 0.3) is 0 Å². The summed E-state index contributed by atoms with van der Waals surface area (Å²) in [6.07, 6.45) is 4.26. The molecule has 1 aromatic heterocycles. The summed E-state index contributed by atoms with van der Waals surface area (Å²) in [5.41, 5.74) is 1.26. The van der Waals surface area contributed by atoms with Gasteiger partial charge in [0, 0.05) is 12.6 Å². The zero-order valence-electron chi connectivity index (χ0n) is 12.7. The van der Waals surface area contributed by atoms with Crippen molar-refractivity contribution in [2.45, 2.75) is 31.8 Å². The van der Waals surface area contributed by atoms with Crippen molar-refractivity contribution in [3.05, 3.63) is 60.1 Å². The van der Waals surface area contributed by atoms with Crippen molar-refractivity contribution >= 4 is 0 Å². The van der Waals surface area contributed by atoms with E-state index in [0.717, 1.165) is 18.8 Å². The molecule has 112 valence electrons. The molecule has 0 radical (unpaired) electrons. The Bertz CT molecular complexity index is 523. The van der Waals surface area contributed by atoms with Crippen LogP contribution in [0, 0.1) is 0 Å². The number of rotatable bonds is 5. The Hall–Kier alpha value is -1.58. The van der Waals surface area contributed by atoms with Gasteiger partial charge in [-0.3, -0.25) is 5.32 Å². The van der Waals surface area contributed by atoms with Gasteiger partial charge in [0.05, 0.1) is 12.3 Å². The Morgan fingerprint density at radius 1 is 1.24 bits per heavy atom. The number of likely N-dealkylation sites (tertiary alicyclic amines) is 1. The summed E-state index contributed by atoms with van der Waals surface area (Å²) in [6, 6.07) is 15.3. The number of nitrogens with one attached hydrogen (secondary N) is 1. The highest BCUT2D eigenvalue weighted by molar-refractivity contribution is 5.26. The zero-order valence-corrected chi connectivity index (χ0v) is 12.7. The first-order valence-corrected chi connectivity index (χ1v) is 7.93. The van der Waals surface area contributed by atoms with Crippen LogP contribution in [-0.4, -0.2) is 30.6 Å². The summed E-state index contributed by atoms with van der Waals surface area (Å²) in [6.45, 7) is 5.73. The molecule has 2 aromatic rings. The lowest BCUT2D eigenvalue weighted by molar-refractivity contribution is 0.191. The van der Waals surface area contributed by atoms with Gasteiger partial charge in [0.2, 0.25) is 0 Å². The fraction of sp³-hybridized carbons (Fsp3) is 0.444. The summed E-state index contributed by atoms with van der Waals surface area (Å²) >= 11 is 0. The lowest BCUT2D eigenvalue weighted by atomic mass is 10.00. The van der Waals surface area contributed by atoms with Crippen molar-refractivity contribution in [3.8, 4) is 0 Å². The monoisotopic (exact) mass is 284 g/mol. The predicted octanol–water partition coefficient (Wildman–Crippen LogP) is 3.44. The summed E-state index contributed by atoms with van der Waals surface area (Å²) in [5, 5.41) is 3.80. The minimum atomic E-state index is 0.142. The van der Waals surface area contributed by atoms with E-state index < -0.39 is 0 Å². The molecule has 0 aliphatic carbocycles. The summed E-state index contributed by atoms with van der Waals surface area (Å²) in [7, 11) is 0. The van der Waals surface area contributed by atoms with Gasteiger partial charge in [-0.15, -0.1) is 0 Å². The Morgan fingerprint density at radius 2 is 2.10 bits per heavy atom.